The molecular weight excluding hydrogens is 338 g/mol. The Hall–Kier alpha value is -2.79. The molecule has 5 nitrogen and oxygen atoms in total. The van der Waals surface area contributed by atoms with Crippen LogP contribution in [-0.4, -0.2) is 21.0 Å². The summed E-state index contributed by atoms with van der Waals surface area (Å²) >= 11 is 0. The number of carbonyl (C=O) groups is 1. The number of aryl methyl sites for hydroxylation is 1. The van der Waals surface area contributed by atoms with Crippen LogP contribution in [0.3, 0.4) is 0 Å². The van der Waals surface area contributed by atoms with Gasteiger partial charge in [-0.2, -0.15) is 0 Å². The first kappa shape index (κ1) is 17.6. The van der Waals surface area contributed by atoms with E-state index in [1.807, 2.05) is 38.2 Å². The summed E-state index contributed by atoms with van der Waals surface area (Å²) in [4.78, 5) is 20.7. The van der Waals surface area contributed by atoms with Crippen LogP contribution < -0.4 is 5.32 Å². The third-order valence-corrected chi connectivity index (χ3v) is 5.09. The molecule has 1 aliphatic carbocycles. The van der Waals surface area contributed by atoms with Gasteiger partial charge in [0.05, 0.1) is 11.8 Å². The number of anilines is 1. The molecule has 1 aliphatic rings. The van der Waals surface area contributed by atoms with E-state index >= 15 is 0 Å². The molecule has 0 saturated heterocycles. The van der Waals surface area contributed by atoms with E-state index in [4.69, 9.17) is 0 Å². The molecule has 27 heavy (non-hydrogen) atoms. The Morgan fingerprint density at radius 3 is 2.70 bits per heavy atom. The van der Waals surface area contributed by atoms with Crippen molar-refractivity contribution < 1.29 is 9.90 Å². The number of aromatic nitrogens is 2. The van der Waals surface area contributed by atoms with Gasteiger partial charge in [0.2, 0.25) is 5.91 Å². The quantitative estimate of drug-likeness (QED) is 0.706. The van der Waals surface area contributed by atoms with Gasteiger partial charge in [0.1, 0.15) is 5.82 Å². The largest absolute Gasteiger partial charge is 0.387 e. The van der Waals surface area contributed by atoms with Crippen molar-refractivity contribution in [1.82, 2.24) is 9.97 Å². The average Bonchev–Trinajstić information content (AvgIpc) is 3.52. The number of amides is 1. The van der Waals surface area contributed by atoms with Crippen LogP contribution in [-0.2, 0) is 4.79 Å². The topological polar surface area (TPSA) is 75.1 Å². The third kappa shape index (κ3) is 3.69. The molecule has 1 fully saturated rings. The second kappa shape index (κ2) is 7.08. The first-order chi connectivity index (χ1) is 13.0. The molecule has 0 radical (unpaired) electrons. The summed E-state index contributed by atoms with van der Waals surface area (Å²) < 4.78 is 0. The number of nitrogens with one attached hydrogen (secondary N) is 1. The number of hydrogen-bond acceptors (Lipinski definition) is 4. The fourth-order valence-corrected chi connectivity index (χ4v) is 3.22. The van der Waals surface area contributed by atoms with Gasteiger partial charge in [0.25, 0.3) is 0 Å². The van der Waals surface area contributed by atoms with E-state index in [0.29, 0.717) is 17.9 Å². The molecule has 2 N–H and O–H groups in total. The van der Waals surface area contributed by atoms with Gasteiger partial charge in [-0.25, -0.2) is 4.98 Å². The van der Waals surface area contributed by atoms with E-state index in [0.717, 1.165) is 40.3 Å². The minimum absolute atomic E-state index is 0.0644. The van der Waals surface area contributed by atoms with Gasteiger partial charge in [-0.1, -0.05) is 19.1 Å². The molecule has 1 aromatic carbocycles. The molecule has 138 valence electrons. The van der Waals surface area contributed by atoms with E-state index in [1.54, 1.807) is 6.20 Å². The van der Waals surface area contributed by atoms with Crippen LogP contribution in [0.15, 0.2) is 42.7 Å². The zero-order valence-electron chi connectivity index (χ0n) is 15.6. The maximum absolute atomic E-state index is 11.9. The molecule has 3 aromatic rings. The second-order valence-electron chi connectivity index (χ2n) is 7.24. The molecule has 4 rings (SSSR count). The predicted molar refractivity (Wildman–Crippen MR) is 106 cm³/mol. The summed E-state index contributed by atoms with van der Waals surface area (Å²) in [6.45, 7) is 3.97. The first-order valence-corrected chi connectivity index (χ1v) is 9.41. The minimum atomic E-state index is -0.525. The van der Waals surface area contributed by atoms with Crippen LogP contribution in [0.5, 0.6) is 0 Å². The third-order valence-electron chi connectivity index (χ3n) is 5.09. The summed E-state index contributed by atoms with van der Waals surface area (Å²) in [5, 5.41) is 14.9. The number of aliphatic hydroxyl groups is 1. The van der Waals surface area contributed by atoms with Crippen LogP contribution in [0, 0.1) is 12.8 Å². The Bertz CT molecular complexity index is 1010. The zero-order valence-corrected chi connectivity index (χ0v) is 15.6. The molecule has 2 heterocycles. The summed E-state index contributed by atoms with van der Waals surface area (Å²) in [5.41, 5.74) is 3.88. The second-order valence-corrected chi connectivity index (χ2v) is 7.24. The van der Waals surface area contributed by atoms with E-state index in [1.165, 1.54) is 0 Å². The van der Waals surface area contributed by atoms with E-state index in [9.17, 15) is 9.90 Å². The SMILES string of the molecule is CCC(O)c1cc(C)c(-c2ccc3cc(NC(=O)C4CC4)ncc3c2)cn1. The Kier molecular flexibility index (Phi) is 4.62. The molecule has 5 heteroatoms. The normalized spacial score (nSPS) is 14.9. The number of pyridine rings is 2. The number of hydrogen-bond donors (Lipinski definition) is 2. The Balaban J connectivity index is 1.62. The van der Waals surface area contributed by atoms with Crippen LogP contribution in [0.25, 0.3) is 21.9 Å². The van der Waals surface area contributed by atoms with Crippen molar-refractivity contribution in [2.45, 2.75) is 39.2 Å². The molecular formula is C22H23N3O2. The number of rotatable bonds is 5. The summed E-state index contributed by atoms with van der Waals surface area (Å²) in [6, 6.07) is 10.0. The fourth-order valence-electron chi connectivity index (χ4n) is 3.22. The Morgan fingerprint density at radius 1 is 1.19 bits per heavy atom. The highest BCUT2D eigenvalue weighted by Gasteiger charge is 2.29. The summed E-state index contributed by atoms with van der Waals surface area (Å²) in [5.74, 6) is 0.826. The van der Waals surface area contributed by atoms with Crippen LogP contribution in [0.1, 0.15) is 43.5 Å². The van der Waals surface area contributed by atoms with E-state index in [2.05, 4.69) is 27.4 Å². The molecule has 1 atom stereocenters. The van der Waals surface area contributed by atoms with Crippen LogP contribution in [0.4, 0.5) is 5.82 Å². The van der Waals surface area contributed by atoms with Gasteiger partial charge >= 0.3 is 0 Å². The van der Waals surface area contributed by atoms with Crippen molar-refractivity contribution in [3.63, 3.8) is 0 Å². The smallest absolute Gasteiger partial charge is 0.228 e. The molecule has 1 saturated carbocycles. The lowest BCUT2D eigenvalue weighted by molar-refractivity contribution is -0.117. The van der Waals surface area contributed by atoms with Gasteiger partial charge < -0.3 is 10.4 Å². The van der Waals surface area contributed by atoms with Crippen LogP contribution >= 0.6 is 0 Å². The highest BCUT2D eigenvalue weighted by Crippen LogP contribution is 2.31. The number of carbonyl (C=O) groups excluding carboxylic acids is 1. The molecule has 2 aromatic heterocycles. The lowest BCUT2D eigenvalue weighted by Gasteiger charge is -2.12. The molecule has 0 spiro atoms. The number of fused-ring (bicyclic) bond motifs is 1. The lowest BCUT2D eigenvalue weighted by atomic mass is 9.99. The van der Waals surface area contributed by atoms with Crippen molar-refractivity contribution in [2.75, 3.05) is 5.32 Å². The van der Waals surface area contributed by atoms with Crippen molar-refractivity contribution >= 4 is 22.5 Å². The molecule has 1 amide bonds. The van der Waals surface area contributed by atoms with Crippen molar-refractivity contribution in [3.8, 4) is 11.1 Å². The van der Waals surface area contributed by atoms with Gasteiger partial charge in [-0.05, 0) is 60.9 Å². The molecule has 1 unspecified atom stereocenters. The number of nitrogens with zero attached hydrogens (tertiary/aromatic N) is 2. The summed E-state index contributed by atoms with van der Waals surface area (Å²) in [7, 11) is 0. The zero-order chi connectivity index (χ0) is 19.0. The fraction of sp³-hybridized carbons (Fsp3) is 0.318. The number of benzene rings is 1. The standard InChI is InChI=1S/C22H23N3O2/c1-3-20(26)19-8-13(2)18(12-23-19)16-7-6-15-10-21(24-11-17(15)9-16)25-22(27)14-4-5-14/h6-12,14,20,26H,3-5H2,1-2H3,(H,24,25,27). The van der Waals surface area contributed by atoms with E-state index in [-0.39, 0.29) is 11.8 Å². The Labute approximate surface area is 158 Å². The van der Waals surface area contributed by atoms with Crippen LogP contribution in [0.2, 0.25) is 0 Å². The van der Waals surface area contributed by atoms with Gasteiger partial charge in [-0.3, -0.25) is 9.78 Å². The average molecular weight is 361 g/mol. The highest BCUT2D eigenvalue weighted by molar-refractivity contribution is 5.96. The maximum Gasteiger partial charge on any atom is 0.228 e. The molecule has 0 aliphatic heterocycles. The van der Waals surface area contributed by atoms with Gasteiger partial charge in [0.15, 0.2) is 0 Å². The van der Waals surface area contributed by atoms with Crippen molar-refractivity contribution in [3.05, 3.63) is 54.0 Å². The monoisotopic (exact) mass is 361 g/mol. The highest BCUT2D eigenvalue weighted by atomic mass is 16.3. The first-order valence-electron chi connectivity index (χ1n) is 9.41. The van der Waals surface area contributed by atoms with Crippen molar-refractivity contribution in [1.29, 1.82) is 0 Å². The van der Waals surface area contributed by atoms with E-state index < -0.39 is 6.10 Å². The lowest BCUT2D eigenvalue weighted by Crippen LogP contribution is -2.14. The number of aliphatic hydroxyl groups excluding tert-OH is 1. The molecule has 0 bridgehead atoms. The van der Waals surface area contributed by atoms with Gasteiger partial charge in [0, 0.05) is 29.3 Å². The Morgan fingerprint density at radius 2 is 2.00 bits per heavy atom. The summed E-state index contributed by atoms with van der Waals surface area (Å²) in [6.07, 6.45) is 5.69. The van der Waals surface area contributed by atoms with Crippen molar-refractivity contribution in [2.24, 2.45) is 5.92 Å². The van der Waals surface area contributed by atoms with Gasteiger partial charge in [-0.15, -0.1) is 0 Å². The predicted octanol–water partition coefficient (Wildman–Crippen LogP) is 4.40. The maximum atomic E-state index is 11.9. The minimum Gasteiger partial charge on any atom is -0.387 e.